The number of methoxy groups -OCH3 is 1. The number of hydrogen-bond donors (Lipinski definition) is 1. The molecule has 0 bridgehead atoms. The molecule has 0 fully saturated rings. The fourth-order valence-corrected chi connectivity index (χ4v) is 3.62. The van der Waals surface area contributed by atoms with Gasteiger partial charge in [0, 0.05) is 13.1 Å². The van der Waals surface area contributed by atoms with Crippen LogP contribution in [0.5, 0.6) is 5.75 Å². The van der Waals surface area contributed by atoms with Crippen molar-refractivity contribution in [3.05, 3.63) is 52.0 Å². The first-order valence-electron chi connectivity index (χ1n) is 6.78. The molecule has 0 radical (unpaired) electrons. The number of fused-ring (bicyclic) bond motifs is 1. The molecule has 0 saturated heterocycles. The molecule has 126 valence electrons. The van der Waals surface area contributed by atoms with Gasteiger partial charge in [0.25, 0.3) is 10.0 Å². The fourth-order valence-electron chi connectivity index (χ4n) is 2.23. The minimum absolute atomic E-state index is 0.0112. The van der Waals surface area contributed by atoms with Crippen molar-refractivity contribution in [1.82, 2.24) is 4.57 Å². The van der Waals surface area contributed by atoms with E-state index in [0.29, 0.717) is 11.3 Å². The number of hydrogen-bond acceptors (Lipinski definition) is 5. The van der Waals surface area contributed by atoms with Gasteiger partial charge >= 0.3 is 5.76 Å². The lowest BCUT2D eigenvalue weighted by Gasteiger charge is -2.10. The SMILES string of the molecule is COc1ccc(S(=O)(=O)Nc2ccc3c(c2)oc(=O)n3C)cc1Cl. The molecule has 3 aromatic rings. The van der Waals surface area contributed by atoms with Crippen LogP contribution in [0.1, 0.15) is 0 Å². The number of nitrogens with zero attached hydrogens (tertiary/aromatic N) is 1. The van der Waals surface area contributed by atoms with Gasteiger partial charge in [0.1, 0.15) is 5.75 Å². The highest BCUT2D eigenvalue weighted by atomic mass is 35.5. The molecule has 0 aliphatic rings. The summed E-state index contributed by atoms with van der Waals surface area (Å²) in [5.41, 5.74) is 1.12. The van der Waals surface area contributed by atoms with E-state index >= 15 is 0 Å². The molecule has 2 aromatic carbocycles. The molecule has 9 heteroatoms. The number of sulfonamides is 1. The second-order valence-electron chi connectivity index (χ2n) is 5.01. The van der Waals surface area contributed by atoms with E-state index in [9.17, 15) is 13.2 Å². The summed E-state index contributed by atoms with van der Waals surface area (Å²) in [6, 6.07) is 8.73. The Balaban J connectivity index is 1.97. The minimum Gasteiger partial charge on any atom is -0.495 e. The average Bonchev–Trinajstić information content (AvgIpc) is 2.81. The zero-order valence-electron chi connectivity index (χ0n) is 12.7. The highest BCUT2D eigenvalue weighted by Crippen LogP contribution is 2.28. The molecule has 0 unspecified atom stereocenters. The molecule has 7 nitrogen and oxygen atoms in total. The summed E-state index contributed by atoms with van der Waals surface area (Å²) in [6.07, 6.45) is 0. The largest absolute Gasteiger partial charge is 0.495 e. The summed E-state index contributed by atoms with van der Waals surface area (Å²) in [5.74, 6) is -0.143. The Labute approximate surface area is 142 Å². The van der Waals surface area contributed by atoms with Crippen LogP contribution in [0, 0.1) is 0 Å². The van der Waals surface area contributed by atoms with Crippen molar-refractivity contribution in [2.24, 2.45) is 7.05 Å². The third-order valence-electron chi connectivity index (χ3n) is 3.48. The Morgan fingerprint density at radius 1 is 1.21 bits per heavy atom. The van der Waals surface area contributed by atoms with Gasteiger partial charge in [0.2, 0.25) is 0 Å². The second kappa shape index (κ2) is 5.88. The number of aryl methyl sites for hydroxylation is 1. The van der Waals surface area contributed by atoms with Crippen LogP contribution in [0.2, 0.25) is 5.02 Å². The highest BCUT2D eigenvalue weighted by Gasteiger charge is 2.17. The Hall–Kier alpha value is -2.45. The van der Waals surface area contributed by atoms with Crippen molar-refractivity contribution in [2.75, 3.05) is 11.8 Å². The first-order chi connectivity index (χ1) is 11.3. The van der Waals surface area contributed by atoms with E-state index in [2.05, 4.69) is 4.72 Å². The number of benzene rings is 2. The molecule has 0 aliphatic heterocycles. The standard InChI is InChI=1S/C15H13ClN2O5S/c1-18-12-5-3-9(7-14(12)23-15(18)19)17-24(20,21)10-4-6-13(22-2)11(16)8-10/h3-8,17H,1-2H3. The van der Waals surface area contributed by atoms with Crippen molar-refractivity contribution in [2.45, 2.75) is 4.90 Å². The molecule has 0 aliphatic carbocycles. The van der Waals surface area contributed by atoms with Crippen LogP contribution in [0.3, 0.4) is 0 Å². The number of nitrogens with one attached hydrogen (secondary N) is 1. The molecule has 3 rings (SSSR count). The number of oxazole rings is 1. The lowest BCUT2D eigenvalue weighted by molar-refractivity contribution is 0.414. The van der Waals surface area contributed by atoms with Gasteiger partial charge in [0.15, 0.2) is 5.58 Å². The summed E-state index contributed by atoms with van der Waals surface area (Å²) in [5, 5.41) is 0.185. The molecule has 1 heterocycles. The van der Waals surface area contributed by atoms with Crippen molar-refractivity contribution in [1.29, 1.82) is 0 Å². The van der Waals surface area contributed by atoms with Gasteiger partial charge in [-0.2, -0.15) is 0 Å². The van der Waals surface area contributed by atoms with Crippen molar-refractivity contribution >= 4 is 38.4 Å². The first kappa shape index (κ1) is 16.4. The zero-order valence-corrected chi connectivity index (χ0v) is 14.3. The molecule has 1 N–H and O–H groups in total. The van der Waals surface area contributed by atoms with Gasteiger partial charge in [0.05, 0.1) is 28.2 Å². The van der Waals surface area contributed by atoms with E-state index in [-0.39, 0.29) is 21.2 Å². The lowest BCUT2D eigenvalue weighted by Crippen LogP contribution is -2.13. The molecule has 1 aromatic heterocycles. The van der Waals surface area contributed by atoms with E-state index in [1.807, 2.05) is 0 Å². The van der Waals surface area contributed by atoms with Gasteiger partial charge < -0.3 is 9.15 Å². The molecule has 0 saturated carbocycles. The number of rotatable bonds is 4. The summed E-state index contributed by atoms with van der Waals surface area (Å²) < 4.78 is 38.7. The van der Waals surface area contributed by atoms with Crippen LogP contribution in [0.15, 0.2) is 50.5 Å². The monoisotopic (exact) mass is 368 g/mol. The third kappa shape index (κ3) is 2.85. The van der Waals surface area contributed by atoms with Crippen LogP contribution >= 0.6 is 11.6 Å². The van der Waals surface area contributed by atoms with Gasteiger partial charge in [-0.25, -0.2) is 13.2 Å². The lowest BCUT2D eigenvalue weighted by atomic mass is 10.3. The summed E-state index contributed by atoms with van der Waals surface area (Å²) in [7, 11) is -0.842. The van der Waals surface area contributed by atoms with Crippen LogP contribution in [-0.4, -0.2) is 20.1 Å². The predicted octanol–water partition coefficient (Wildman–Crippen LogP) is 2.59. The number of halogens is 1. The normalized spacial score (nSPS) is 11.6. The minimum atomic E-state index is -3.85. The van der Waals surface area contributed by atoms with Gasteiger partial charge in [-0.05, 0) is 30.3 Å². The molecular formula is C15H13ClN2O5S. The van der Waals surface area contributed by atoms with E-state index in [0.717, 1.165) is 0 Å². The van der Waals surface area contributed by atoms with Crippen LogP contribution in [-0.2, 0) is 17.1 Å². The van der Waals surface area contributed by atoms with Crippen molar-refractivity contribution < 1.29 is 17.6 Å². The van der Waals surface area contributed by atoms with Crippen molar-refractivity contribution in [3.63, 3.8) is 0 Å². The Kier molecular flexibility index (Phi) is 4.02. The van der Waals surface area contributed by atoms with E-state index in [4.69, 9.17) is 20.8 Å². The van der Waals surface area contributed by atoms with Gasteiger partial charge in [-0.1, -0.05) is 11.6 Å². The molecule has 24 heavy (non-hydrogen) atoms. The topological polar surface area (TPSA) is 90.5 Å². The van der Waals surface area contributed by atoms with Crippen LogP contribution in [0.4, 0.5) is 5.69 Å². The Morgan fingerprint density at radius 3 is 2.62 bits per heavy atom. The van der Waals surface area contributed by atoms with Gasteiger partial charge in [-0.15, -0.1) is 0 Å². The maximum absolute atomic E-state index is 12.5. The average molecular weight is 369 g/mol. The number of ether oxygens (including phenoxy) is 1. The maximum Gasteiger partial charge on any atom is 0.419 e. The molecule has 0 atom stereocenters. The molecular weight excluding hydrogens is 356 g/mol. The highest BCUT2D eigenvalue weighted by molar-refractivity contribution is 7.92. The van der Waals surface area contributed by atoms with Gasteiger partial charge in [-0.3, -0.25) is 9.29 Å². The second-order valence-corrected chi connectivity index (χ2v) is 7.10. The Bertz CT molecular complexity index is 1080. The summed E-state index contributed by atoms with van der Waals surface area (Å²) in [4.78, 5) is 11.5. The Morgan fingerprint density at radius 2 is 1.96 bits per heavy atom. The summed E-state index contributed by atoms with van der Waals surface area (Å²) >= 11 is 5.97. The van der Waals surface area contributed by atoms with E-state index < -0.39 is 15.8 Å². The maximum atomic E-state index is 12.5. The van der Waals surface area contributed by atoms with Crippen LogP contribution in [0.25, 0.3) is 11.1 Å². The number of aromatic nitrogens is 1. The predicted molar refractivity (Wildman–Crippen MR) is 90.3 cm³/mol. The smallest absolute Gasteiger partial charge is 0.419 e. The quantitative estimate of drug-likeness (QED) is 0.764. The fraction of sp³-hybridized carbons (Fsp3) is 0.133. The van der Waals surface area contributed by atoms with Crippen molar-refractivity contribution in [3.8, 4) is 5.75 Å². The zero-order chi connectivity index (χ0) is 17.5. The first-order valence-corrected chi connectivity index (χ1v) is 8.64. The third-order valence-corrected chi connectivity index (χ3v) is 5.15. The molecule has 0 amide bonds. The van der Waals surface area contributed by atoms with Crippen LogP contribution < -0.4 is 15.2 Å². The molecule has 0 spiro atoms. The number of anilines is 1. The van der Waals surface area contributed by atoms with E-state index in [1.165, 1.54) is 35.9 Å². The van der Waals surface area contributed by atoms with E-state index in [1.54, 1.807) is 19.2 Å². The summed E-state index contributed by atoms with van der Waals surface area (Å²) in [6.45, 7) is 0.